The maximum atomic E-state index is 9.54. The molecule has 62 valence electrons. The van der Waals surface area contributed by atoms with Gasteiger partial charge in [-0.15, -0.1) is 0 Å². The van der Waals surface area contributed by atoms with Crippen LogP contribution < -0.4 is 0 Å². The topological polar surface area (TPSA) is 20.2 Å². The van der Waals surface area contributed by atoms with Crippen LogP contribution in [0.15, 0.2) is 30.3 Å². The molecule has 1 aliphatic carbocycles. The average molecular weight is 160 g/mol. The van der Waals surface area contributed by atoms with Crippen molar-refractivity contribution in [2.24, 2.45) is 0 Å². The minimum atomic E-state index is -0.320. The third-order valence-electron chi connectivity index (χ3n) is 2.47. The lowest BCUT2D eigenvalue weighted by atomic mass is 9.87. The highest BCUT2D eigenvalue weighted by atomic mass is 16.3. The first-order valence-corrected chi connectivity index (χ1v) is 4.24. The van der Waals surface area contributed by atoms with Gasteiger partial charge in [-0.3, -0.25) is 0 Å². The summed E-state index contributed by atoms with van der Waals surface area (Å²) >= 11 is 0. The molecule has 2 atom stereocenters. The van der Waals surface area contributed by atoms with Crippen molar-refractivity contribution in [1.82, 2.24) is 0 Å². The monoisotopic (exact) mass is 160 g/mol. The summed E-state index contributed by atoms with van der Waals surface area (Å²) in [5.74, 6) is 0.228. The van der Waals surface area contributed by atoms with E-state index >= 15 is 0 Å². The quantitative estimate of drug-likeness (QED) is 0.616. The molecule has 0 unspecified atom stereocenters. The number of aliphatic hydroxyl groups is 1. The molecule has 1 aliphatic rings. The van der Waals surface area contributed by atoms with Crippen molar-refractivity contribution in [3.63, 3.8) is 0 Å². The van der Waals surface area contributed by atoms with Crippen molar-refractivity contribution in [1.29, 1.82) is 0 Å². The minimum absolute atomic E-state index is 0.228. The molecule has 0 amide bonds. The number of fused-ring (bicyclic) bond motifs is 1. The molecule has 1 N–H and O–H groups in total. The highest BCUT2D eigenvalue weighted by Crippen LogP contribution is 2.28. The van der Waals surface area contributed by atoms with E-state index in [0.717, 1.165) is 0 Å². The standard InChI is InChI=1S/C11H12O/c1-8-10-5-3-2-4-9(10)6-7-11(8)12/h2-8,11-12H,1H3/t8-,11+/m1/s1. The summed E-state index contributed by atoms with van der Waals surface area (Å²) in [6, 6.07) is 8.19. The Morgan fingerprint density at radius 1 is 1.25 bits per heavy atom. The molecule has 0 fully saturated rings. The van der Waals surface area contributed by atoms with Crippen molar-refractivity contribution < 1.29 is 5.11 Å². The Morgan fingerprint density at radius 2 is 2.00 bits per heavy atom. The molecule has 0 saturated heterocycles. The summed E-state index contributed by atoms with van der Waals surface area (Å²) in [4.78, 5) is 0. The Bertz CT molecular complexity index is 315. The zero-order valence-electron chi connectivity index (χ0n) is 7.07. The minimum Gasteiger partial charge on any atom is -0.388 e. The molecule has 0 heterocycles. The van der Waals surface area contributed by atoms with Gasteiger partial charge >= 0.3 is 0 Å². The highest BCUT2D eigenvalue weighted by molar-refractivity contribution is 5.58. The Labute approximate surface area is 72.4 Å². The molecule has 0 aliphatic heterocycles. The van der Waals surface area contributed by atoms with E-state index in [1.165, 1.54) is 11.1 Å². The molecule has 12 heavy (non-hydrogen) atoms. The number of hydrogen-bond acceptors (Lipinski definition) is 1. The summed E-state index contributed by atoms with van der Waals surface area (Å²) in [6.45, 7) is 2.05. The molecule has 0 aromatic heterocycles. The number of hydrogen-bond donors (Lipinski definition) is 1. The first-order chi connectivity index (χ1) is 5.79. The molecule has 0 saturated carbocycles. The molecule has 1 aromatic carbocycles. The van der Waals surface area contributed by atoms with Crippen LogP contribution >= 0.6 is 0 Å². The second-order valence-corrected chi connectivity index (χ2v) is 3.27. The van der Waals surface area contributed by atoms with Crippen LogP contribution in [-0.4, -0.2) is 11.2 Å². The lowest BCUT2D eigenvalue weighted by molar-refractivity contribution is 0.196. The zero-order chi connectivity index (χ0) is 8.55. The molecular weight excluding hydrogens is 148 g/mol. The SMILES string of the molecule is C[C@@H]1c2ccccc2C=C[C@@H]1O. The Hall–Kier alpha value is -1.08. The van der Waals surface area contributed by atoms with Gasteiger partial charge in [-0.1, -0.05) is 43.3 Å². The van der Waals surface area contributed by atoms with Crippen LogP contribution in [-0.2, 0) is 0 Å². The molecule has 1 nitrogen and oxygen atoms in total. The Kier molecular flexibility index (Phi) is 1.74. The van der Waals surface area contributed by atoms with Crippen molar-refractivity contribution in [2.75, 3.05) is 0 Å². The van der Waals surface area contributed by atoms with E-state index in [4.69, 9.17) is 0 Å². The van der Waals surface area contributed by atoms with Gasteiger partial charge in [0.1, 0.15) is 0 Å². The van der Waals surface area contributed by atoms with Gasteiger partial charge in [0.2, 0.25) is 0 Å². The average Bonchev–Trinajstić information content (AvgIpc) is 2.12. The molecule has 1 aromatic rings. The van der Waals surface area contributed by atoms with E-state index in [-0.39, 0.29) is 12.0 Å². The van der Waals surface area contributed by atoms with E-state index in [2.05, 4.69) is 12.1 Å². The number of rotatable bonds is 0. The molecule has 0 bridgehead atoms. The lowest BCUT2D eigenvalue weighted by Gasteiger charge is -2.22. The second kappa shape index (κ2) is 2.76. The van der Waals surface area contributed by atoms with Crippen molar-refractivity contribution in [2.45, 2.75) is 18.9 Å². The maximum Gasteiger partial charge on any atom is 0.0790 e. The van der Waals surface area contributed by atoms with Gasteiger partial charge in [0, 0.05) is 5.92 Å². The van der Waals surface area contributed by atoms with E-state index in [1.54, 1.807) is 0 Å². The van der Waals surface area contributed by atoms with Crippen LogP contribution in [0.4, 0.5) is 0 Å². The predicted molar refractivity (Wildman–Crippen MR) is 49.9 cm³/mol. The van der Waals surface area contributed by atoms with Crippen LogP contribution in [0.25, 0.3) is 6.08 Å². The predicted octanol–water partition coefficient (Wildman–Crippen LogP) is 2.18. The first-order valence-electron chi connectivity index (χ1n) is 4.24. The fourth-order valence-electron chi connectivity index (χ4n) is 1.63. The number of benzene rings is 1. The first kappa shape index (κ1) is 7.56. The van der Waals surface area contributed by atoms with E-state index in [0.29, 0.717) is 0 Å². The number of aliphatic hydroxyl groups excluding tert-OH is 1. The molecular formula is C11H12O. The molecule has 0 spiro atoms. The van der Waals surface area contributed by atoms with Gasteiger partial charge in [-0.2, -0.15) is 0 Å². The third kappa shape index (κ3) is 1.07. The summed E-state index contributed by atoms with van der Waals surface area (Å²) in [5, 5.41) is 9.54. The van der Waals surface area contributed by atoms with E-state index < -0.39 is 0 Å². The lowest BCUT2D eigenvalue weighted by Crippen LogP contribution is -2.16. The van der Waals surface area contributed by atoms with Crippen molar-refractivity contribution >= 4 is 6.08 Å². The zero-order valence-corrected chi connectivity index (χ0v) is 7.07. The summed E-state index contributed by atoms with van der Waals surface area (Å²) in [7, 11) is 0. The van der Waals surface area contributed by atoms with Crippen LogP contribution in [0.1, 0.15) is 24.0 Å². The van der Waals surface area contributed by atoms with Crippen LogP contribution in [0.2, 0.25) is 0 Å². The summed E-state index contributed by atoms with van der Waals surface area (Å²) in [6.07, 6.45) is 3.52. The van der Waals surface area contributed by atoms with E-state index in [9.17, 15) is 5.11 Å². The highest BCUT2D eigenvalue weighted by Gasteiger charge is 2.18. The summed E-state index contributed by atoms with van der Waals surface area (Å²) < 4.78 is 0. The smallest absolute Gasteiger partial charge is 0.0790 e. The fourth-order valence-corrected chi connectivity index (χ4v) is 1.63. The van der Waals surface area contributed by atoms with Gasteiger partial charge in [-0.25, -0.2) is 0 Å². The van der Waals surface area contributed by atoms with E-state index in [1.807, 2.05) is 31.2 Å². The molecule has 1 heteroatoms. The maximum absolute atomic E-state index is 9.54. The van der Waals surface area contributed by atoms with Gasteiger partial charge in [0.15, 0.2) is 0 Å². The van der Waals surface area contributed by atoms with Crippen molar-refractivity contribution in [3.8, 4) is 0 Å². The van der Waals surface area contributed by atoms with Crippen molar-refractivity contribution in [3.05, 3.63) is 41.5 Å². The fraction of sp³-hybridized carbons (Fsp3) is 0.273. The van der Waals surface area contributed by atoms with Gasteiger partial charge < -0.3 is 5.11 Å². The summed E-state index contributed by atoms with van der Waals surface area (Å²) in [5.41, 5.74) is 2.47. The second-order valence-electron chi connectivity index (χ2n) is 3.27. The van der Waals surface area contributed by atoms with Crippen LogP contribution in [0.5, 0.6) is 0 Å². The molecule has 0 radical (unpaired) electrons. The molecule has 2 rings (SSSR count). The van der Waals surface area contributed by atoms with Crippen LogP contribution in [0.3, 0.4) is 0 Å². The largest absolute Gasteiger partial charge is 0.388 e. The Balaban J connectivity index is 2.52. The Morgan fingerprint density at radius 3 is 2.83 bits per heavy atom. The van der Waals surface area contributed by atoms with Gasteiger partial charge in [-0.05, 0) is 11.1 Å². The van der Waals surface area contributed by atoms with Gasteiger partial charge in [0.05, 0.1) is 6.10 Å². The van der Waals surface area contributed by atoms with Crippen LogP contribution in [0, 0.1) is 0 Å². The van der Waals surface area contributed by atoms with Gasteiger partial charge in [0.25, 0.3) is 0 Å². The normalized spacial score (nSPS) is 26.8. The third-order valence-corrected chi connectivity index (χ3v) is 2.47.